The lowest BCUT2D eigenvalue weighted by Crippen LogP contribution is -2.37. The summed E-state index contributed by atoms with van der Waals surface area (Å²) in [6.45, 7) is 8.33. The van der Waals surface area contributed by atoms with E-state index in [4.69, 9.17) is 20.9 Å². The molecule has 0 aromatic carbocycles. The van der Waals surface area contributed by atoms with E-state index in [9.17, 15) is 4.79 Å². The number of amides is 1. The second-order valence-corrected chi connectivity index (χ2v) is 4.74. The minimum Gasteiger partial charge on any atom is -0.444 e. The van der Waals surface area contributed by atoms with Crippen LogP contribution in [0, 0.1) is 0 Å². The molecule has 15 heavy (non-hydrogen) atoms. The van der Waals surface area contributed by atoms with Crippen molar-refractivity contribution < 1.29 is 14.3 Å². The van der Waals surface area contributed by atoms with Gasteiger partial charge >= 0.3 is 6.09 Å². The molecule has 0 saturated carbocycles. The highest BCUT2D eigenvalue weighted by molar-refractivity contribution is 5.65. The largest absolute Gasteiger partial charge is 0.444 e. The Hall–Kier alpha value is -0.810. The molecule has 0 heterocycles. The van der Waals surface area contributed by atoms with E-state index in [0.717, 1.165) is 0 Å². The molecule has 0 atom stereocenters. The van der Waals surface area contributed by atoms with Gasteiger partial charge in [-0.3, -0.25) is 0 Å². The Morgan fingerprint density at radius 1 is 1.20 bits per heavy atom. The topological polar surface area (TPSA) is 87.6 Å². The van der Waals surface area contributed by atoms with Crippen LogP contribution in [0.4, 0.5) is 4.79 Å². The predicted molar refractivity (Wildman–Crippen MR) is 58.4 cm³/mol. The number of rotatable bonds is 6. The standard InChI is InChI=1S/C10H22N2O3/c1-9(2,15-8(12)13)5-6-14-10(3,4)7-11/h5-7,11H2,1-4H3,(H2,12,13). The summed E-state index contributed by atoms with van der Waals surface area (Å²) in [6.07, 6.45) is -0.183. The van der Waals surface area contributed by atoms with E-state index in [1.54, 1.807) is 13.8 Å². The van der Waals surface area contributed by atoms with E-state index in [2.05, 4.69) is 0 Å². The quantitative estimate of drug-likeness (QED) is 0.696. The summed E-state index contributed by atoms with van der Waals surface area (Å²) in [4.78, 5) is 10.6. The number of carbonyl (C=O) groups excluding carboxylic acids is 1. The molecular weight excluding hydrogens is 196 g/mol. The van der Waals surface area contributed by atoms with Gasteiger partial charge in [-0.15, -0.1) is 0 Å². The van der Waals surface area contributed by atoms with Crippen molar-refractivity contribution >= 4 is 6.09 Å². The smallest absolute Gasteiger partial charge is 0.405 e. The molecular formula is C10H22N2O3. The molecule has 0 radical (unpaired) electrons. The Labute approximate surface area is 91.1 Å². The van der Waals surface area contributed by atoms with Gasteiger partial charge in [-0.25, -0.2) is 4.79 Å². The summed E-state index contributed by atoms with van der Waals surface area (Å²) >= 11 is 0. The zero-order valence-electron chi connectivity index (χ0n) is 10.0. The third kappa shape index (κ3) is 7.16. The van der Waals surface area contributed by atoms with Gasteiger partial charge in [0.15, 0.2) is 0 Å². The van der Waals surface area contributed by atoms with Crippen LogP contribution in [0.5, 0.6) is 0 Å². The molecule has 5 nitrogen and oxygen atoms in total. The van der Waals surface area contributed by atoms with Crippen molar-refractivity contribution in [2.75, 3.05) is 13.2 Å². The molecule has 0 unspecified atom stereocenters. The van der Waals surface area contributed by atoms with E-state index in [1.807, 2.05) is 13.8 Å². The molecule has 0 rings (SSSR count). The molecule has 0 spiro atoms. The highest BCUT2D eigenvalue weighted by atomic mass is 16.6. The summed E-state index contributed by atoms with van der Waals surface area (Å²) in [5, 5.41) is 0. The van der Waals surface area contributed by atoms with Crippen LogP contribution in [-0.4, -0.2) is 30.4 Å². The number of carbonyl (C=O) groups is 1. The molecule has 4 N–H and O–H groups in total. The van der Waals surface area contributed by atoms with Gasteiger partial charge in [0.1, 0.15) is 5.60 Å². The fraction of sp³-hybridized carbons (Fsp3) is 0.900. The van der Waals surface area contributed by atoms with Crippen molar-refractivity contribution in [2.24, 2.45) is 11.5 Å². The van der Waals surface area contributed by atoms with Crippen LogP contribution in [0.1, 0.15) is 34.1 Å². The lowest BCUT2D eigenvalue weighted by Gasteiger charge is -2.28. The van der Waals surface area contributed by atoms with Gasteiger partial charge in [0.05, 0.1) is 12.2 Å². The molecule has 0 aliphatic heterocycles. The third-order valence-corrected chi connectivity index (χ3v) is 2.07. The Bertz CT molecular complexity index is 215. The molecule has 1 amide bonds. The van der Waals surface area contributed by atoms with Crippen molar-refractivity contribution in [3.8, 4) is 0 Å². The first-order chi connectivity index (χ1) is 6.68. The van der Waals surface area contributed by atoms with Crippen LogP contribution >= 0.6 is 0 Å². The minimum atomic E-state index is -0.766. The number of hydrogen-bond donors (Lipinski definition) is 2. The van der Waals surface area contributed by atoms with Crippen molar-refractivity contribution in [2.45, 2.75) is 45.3 Å². The van der Waals surface area contributed by atoms with Crippen LogP contribution in [-0.2, 0) is 9.47 Å². The van der Waals surface area contributed by atoms with Gasteiger partial charge in [-0.05, 0) is 27.7 Å². The average Bonchev–Trinajstić information content (AvgIpc) is 2.00. The van der Waals surface area contributed by atoms with Crippen LogP contribution in [0.15, 0.2) is 0 Å². The molecule has 5 heteroatoms. The molecule has 0 aliphatic rings. The van der Waals surface area contributed by atoms with E-state index >= 15 is 0 Å². The van der Waals surface area contributed by atoms with Gasteiger partial charge in [-0.1, -0.05) is 0 Å². The minimum absolute atomic E-state index is 0.344. The summed E-state index contributed by atoms with van der Waals surface area (Å²) in [5.74, 6) is 0. The van der Waals surface area contributed by atoms with E-state index in [-0.39, 0.29) is 5.60 Å². The number of primary amides is 1. The van der Waals surface area contributed by atoms with Crippen molar-refractivity contribution in [3.63, 3.8) is 0 Å². The second kappa shape index (κ2) is 5.32. The van der Waals surface area contributed by atoms with E-state index < -0.39 is 11.7 Å². The SMILES string of the molecule is CC(C)(CN)OCCC(C)(C)OC(N)=O. The van der Waals surface area contributed by atoms with Gasteiger partial charge < -0.3 is 20.9 Å². The van der Waals surface area contributed by atoms with Crippen LogP contribution in [0.3, 0.4) is 0 Å². The number of nitrogens with two attached hydrogens (primary N) is 2. The molecule has 0 fully saturated rings. The first kappa shape index (κ1) is 14.2. The summed E-state index contributed by atoms with van der Waals surface area (Å²) < 4.78 is 10.5. The molecule has 0 bridgehead atoms. The normalized spacial score (nSPS) is 12.6. The van der Waals surface area contributed by atoms with Gasteiger partial charge in [0, 0.05) is 13.0 Å². The third-order valence-electron chi connectivity index (χ3n) is 2.07. The maximum Gasteiger partial charge on any atom is 0.405 e. The summed E-state index contributed by atoms with van der Waals surface area (Å²) in [7, 11) is 0. The predicted octanol–water partition coefficient (Wildman–Crippen LogP) is 1.00. The highest BCUT2D eigenvalue weighted by Crippen LogP contribution is 2.16. The lowest BCUT2D eigenvalue weighted by atomic mass is 10.1. The number of hydrogen-bond acceptors (Lipinski definition) is 4. The fourth-order valence-corrected chi connectivity index (χ4v) is 0.955. The first-order valence-electron chi connectivity index (χ1n) is 5.01. The first-order valence-corrected chi connectivity index (χ1v) is 5.01. The van der Waals surface area contributed by atoms with Crippen molar-refractivity contribution in [3.05, 3.63) is 0 Å². The van der Waals surface area contributed by atoms with E-state index in [0.29, 0.717) is 19.6 Å². The molecule has 0 aromatic heterocycles. The van der Waals surface area contributed by atoms with E-state index in [1.165, 1.54) is 0 Å². The van der Waals surface area contributed by atoms with Gasteiger partial charge in [-0.2, -0.15) is 0 Å². The molecule has 90 valence electrons. The molecule has 0 aromatic rings. The highest BCUT2D eigenvalue weighted by Gasteiger charge is 2.23. The van der Waals surface area contributed by atoms with Gasteiger partial charge in [0.25, 0.3) is 0 Å². The average molecular weight is 218 g/mol. The number of ether oxygens (including phenoxy) is 2. The monoisotopic (exact) mass is 218 g/mol. The van der Waals surface area contributed by atoms with Crippen LogP contribution in [0.2, 0.25) is 0 Å². The zero-order chi connectivity index (χ0) is 12.1. The van der Waals surface area contributed by atoms with Crippen LogP contribution < -0.4 is 11.5 Å². The summed E-state index contributed by atoms with van der Waals surface area (Å²) in [6, 6.07) is 0. The fourth-order valence-electron chi connectivity index (χ4n) is 0.955. The zero-order valence-corrected chi connectivity index (χ0v) is 10.0. The maximum absolute atomic E-state index is 10.6. The Morgan fingerprint density at radius 2 is 1.73 bits per heavy atom. The summed E-state index contributed by atoms with van der Waals surface area (Å²) in [5.41, 5.74) is 9.50. The van der Waals surface area contributed by atoms with Gasteiger partial charge in [0.2, 0.25) is 0 Å². The molecule has 0 aliphatic carbocycles. The molecule has 0 saturated heterocycles. The maximum atomic E-state index is 10.6. The second-order valence-electron chi connectivity index (χ2n) is 4.74. The Balaban J connectivity index is 3.89. The van der Waals surface area contributed by atoms with Crippen molar-refractivity contribution in [1.82, 2.24) is 0 Å². The lowest BCUT2D eigenvalue weighted by molar-refractivity contribution is -0.0433. The Kier molecular flexibility index (Phi) is 5.03. The Morgan fingerprint density at radius 3 is 2.13 bits per heavy atom. The van der Waals surface area contributed by atoms with Crippen LogP contribution in [0.25, 0.3) is 0 Å². The van der Waals surface area contributed by atoms with Crippen molar-refractivity contribution in [1.29, 1.82) is 0 Å².